The number of carbonyl (C=O) groups is 1. The largest absolute Gasteiger partial charge is 0.505 e. The van der Waals surface area contributed by atoms with Crippen LogP contribution in [0.4, 0.5) is 8.78 Å². The van der Waals surface area contributed by atoms with E-state index in [1.54, 1.807) is 6.92 Å². The van der Waals surface area contributed by atoms with Crippen molar-refractivity contribution in [3.8, 4) is 5.75 Å². The molecule has 0 bridgehead atoms. The summed E-state index contributed by atoms with van der Waals surface area (Å²) in [6.45, 7) is 1.46. The fourth-order valence-corrected chi connectivity index (χ4v) is 1.31. The molecular weight excluding hydrogens is 234 g/mol. The number of pyridine rings is 1. The Labute approximate surface area is 96.2 Å². The van der Waals surface area contributed by atoms with Crippen LogP contribution in [0.2, 0.25) is 0 Å². The lowest BCUT2D eigenvalue weighted by Gasteiger charge is -2.11. The molecular formula is C10H12F2N2O3. The minimum absolute atomic E-state index is 0.0891. The van der Waals surface area contributed by atoms with Crippen molar-refractivity contribution in [1.29, 1.82) is 0 Å². The second-order valence-electron chi connectivity index (χ2n) is 3.11. The molecule has 0 fully saturated rings. The van der Waals surface area contributed by atoms with Crippen molar-refractivity contribution in [2.75, 3.05) is 6.61 Å². The van der Waals surface area contributed by atoms with Crippen LogP contribution in [-0.2, 0) is 11.3 Å². The third-order valence-electron chi connectivity index (χ3n) is 2.09. The summed E-state index contributed by atoms with van der Waals surface area (Å²) in [5.74, 6) is -1.51. The number of rotatable bonds is 4. The molecule has 0 amide bonds. The van der Waals surface area contributed by atoms with Gasteiger partial charge in [-0.15, -0.1) is 0 Å². The normalized spacial score (nSPS) is 10.6. The number of aromatic hydroxyl groups is 1. The molecule has 7 heteroatoms. The molecule has 0 atom stereocenters. The zero-order chi connectivity index (χ0) is 13.0. The molecule has 0 aliphatic rings. The zero-order valence-electron chi connectivity index (χ0n) is 9.11. The van der Waals surface area contributed by atoms with Crippen LogP contribution >= 0.6 is 0 Å². The topological polar surface area (TPSA) is 85.4 Å². The molecule has 0 aliphatic heterocycles. The number of hydrogen-bond donors (Lipinski definition) is 2. The predicted molar refractivity (Wildman–Crippen MR) is 54.7 cm³/mol. The fourth-order valence-electron chi connectivity index (χ4n) is 1.31. The first kappa shape index (κ1) is 13.3. The number of alkyl halides is 2. The molecule has 94 valence electrons. The van der Waals surface area contributed by atoms with Crippen LogP contribution < -0.4 is 5.73 Å². The molecule has 0 aromatic carbocycles. The summed E-state index contributed by atoms with van der Waals surface area (Å²) >= 11 is 0. The fraction of sp³-hybridized carbons (Fsp3) is 0.400. The van der Waals surface area contributed by atoms with Crippen molar-refractivity contribution in [2.45, 2.75) is 19.9 Å². The Morgan fingerprint density at radius 2 is 2.29 bits per heavy atom. The van der Waals surface area contributed by atoms with Crippen LogP contribution in [0, 0.1) is 0 Å². The summed E-state index contributed by atoms with van der Waals surface area (Å²) in [6.07, 6.45) is -2.00. The van der Waals surface area contributed by atoms with Gasteiger partial charge in [0.1, 0.15) is 11.4 Å². The van der Waals surface area contributed by atoms with E-state index in [0.717, 1.165) is 6.20 Å². The first-order chi connectivity index (χ1) is 8.02. The second kappa shape index (κ2) is 5.53. The molecule has 1 aromatic rings. The highest BCUT2D eigenvalue weighted by Crippen LogP contribution is 2.31. The van der Waals surface area contributed by atoms with Crippen LogP contribution in [-0.4, -0.2) is 22.7 Å². The van der Waals surface area contributed by atoms with E-state index in [9.17, 15) is 18.7 Å². The van der Waals surface area contributed by atoms with E-state index in [4.69, 9.17) is 10.5 Å². The lowest BCUT2D eigenvalue weighted by molar-refractivity contribution is 0.0523. The van der Waals surface area contributed by atoms with Crippen LogP contribution in [0.3, 0.4) is 0 Å². The number of ether oxygens (including phenoxy) is 1. The lowest BCUT2D eigenvalue weighted by atomic mass is 10.1. The summed E-state index contributed by atoms with van der Waals surface area (Å²) in [6, 6.07) is 0. The average Bonchev–Trinajstić information content (AvgIpc) is 2.28. The van der Waals surface area contributed by atoms with Crippen molar-refractivity contribution < 1.29 is 23.4 Å². The number of nitrogens with zero attached hydrogens (tertiary/aromatic N) is 1. The molecule has 1 rings (SSSR count). The van der Waals surface area contributed by atoms with E-state index in [-0.39, 0.29) is 24.3 Å². The quantitative estimate of drug-likeness (QED) is 0.783. The Morgan fingerprint density at radius 3 is 2.76 bits per heavy atom. The maximum Gasteiger partial charge on any atom is 0.340 e. The highest BCUT2D eigenvalue weighted by atomic mass is 19.3. The number of nitrogens with two attached hydrogens (primary N) is 1. The summed E-state index contributed by atoms with van der Waals surface area (Å²) in [4.78, 5) is 14.8. The van der Waals surface area contributed by atoms with Gasteiger partial charge in [-0.2, -0.15) is 0 Å². The van der Waals surface area contributed by atoms with Crippen molar-refractivity contribution in [2.24, 2.45) is 5.73 Å². The maximum atomic E-state index is 12.4. The van der Waals surface area contributed by atoms with E-state index in [1.807, 2.05) is 0 Å². The Hall–Kier alpha value is -1.76. The molecule has 0 saturated heterocycles. The Bertz CT molecular complexity index is 424. The third kappa shape index (κ3) is 2.68. The number of esters is 1. The van der Waals surface area contributed by atoms with Crippen molar-refractivity contribution in [3.05, 3.63) is 23.0 Å². The highest BCUT2D eigenvalue weighted by molar-refractivity contribution is 5.91. The molecule has 0 spiro atoms. The summed E-state index contributed by atoms with van der Waals surface area (Å²) in [5.41, 5.74) is 4.33. The van der Waals surface area contributed by atoms with Crippen molar-refractivity contribution in [3.63, 3.8) is 0 Å². The maximum absolute atomic E-state index is 12.4. The minimum atomic E-state index is -2.93. The third-order valence-corrected chi connectivity index (χ3v) is 2.09. The zero-order valence-corrected chi connectivity index (χ0v) is 9.11. The summed E-state index contributed by atoms with van der Waals surface area (Å²) in [7, 11) is 0. The minimum Gasteiger partial charge on any atom is -0.505 e. The van der Waals surface area contributed by atoms with Gasteiger partial charge in [-0.25, -0.2) is 13.6 Å². The van der Waals surface area contributed by atoms with Crippen LogP contribution in [0.25, 0.3) is 0 Å². The van der Waals surface area contributed by atoms with Gasteiger partial charge in [0.2, 0.25) is 0 Å². The molecule has 0 saturated carbocycles. The number of aromatic nitrogens is 1. The van der Waals surface area contributed by atoms with Gasteiger partial charge < -0.3 is 15.6 Å². The van der Waals surface area contributed by atoms with Crippen LogP contribution in [0.15, 0.2) is 6.20 Å². The number of hydrogen-bond acceptors (Lipinski definition) is 5. The van der Waals surface area contributed by atoms with E-state index < -0.39 is 23.8 Å². The molecule has 0 unspecified atom stereocenters. The summed E-state index contributed by atoms with van der Waals surface area (Å²) < 4.78 is 29.6. The molecule has 0 aliphatic carbocycles. The second-order valence-corrected chi connectivity index (χ2v) is 3.11. The van der Waals surface area contributed by atoms with Crippen molar-refractivity contribution in [1.82, 2.24) is 4.98 Å². The highest BCUT2D eigenvalue weighted by Gasteiger charge is 2.23. The van der Waals surface area contributed by atoms with Gasteiger partial charge >= 0.3 is 5.97 Å². The van der Waals surface area contributed by atoms with Gasteiger partial charge in [-0.1, -0.05) is 0 Å². The SMILES string of the molecule is CCOC(=O)c1cnc(C(F)F)c(O)c1CN. The number of halogens is 2. The summed E-state index contributed by atoms with van der Waals surface area (Å²) in [5, 5.41) is 9.53. The molecule has 17 heavy (non-hydrogen) atoms. The predicted octanol–water partition coefficient (Wildman–Crippen LogP) is 1.36. The molecule has 1 aromatic heterocycles. The van der Waals surface area contributed by atoms with E-state index >= 15 is 0 Å². The van der Waals surface area contributed by atoms with Gasteiger partial charge in [0.25, 0.3) is 6.43 Å². The van der Waals surface area contributed by atoms with Gasteiger partial charge in [0.15, 0.2) is 0 Å². The van der Waals surface area contributed by atoms with Crippen LogP contribution in [0.1, 0.15) is 35.0 Å². The molecule has 1 heterocycles. The molecule has 3 N–H and O–H groups in total. The lowest BCUT2D eigenvalue weighted by Crippen LogP contribution is -2.13. The van der Waals surface area contributed by atoms with Gasteiger partial charge in [0.05, 0.1) is 12.2 Å². The van der Waals surface area contributed by atoms with E-state index in [2.05, 4.69) is 4.98 Å². The Morgan fingerprint density at radius 1 is 1.65 bits per heavy atom. The first-order valence-electron chi connectivity index (χ1n) is 4.89. The first-order valence-corrected chi connectivity index (χ1v) is 4.89. The average molecular weight is 246 g/mol. The Kier molecular flexibility index (Phi) is 4.33. The van der Waals surface area contributed by atoms with E-state index in [1.165, 1.54) is 0 Å². The smallest absolute Gasteiger partial charge is 0.340 e. The van der Waals surface area contributed by atoms with Crippen LogP contribution in [0.5, 0.6) is 5.75 Å². The van der Waals surface area contributed by atoms with Gasteiger partial charge in [0, 0.05) is 18.3 Å². The number of carbonyl (C=O) groups excluding carboxylic acids is 1. The molecule has 0 radical (unpaired) electrons. The van der Waals surface area contributed by atoms with E-state index in [0.29, 0.717) is 0 Å². The monoisotopic (exact) mass is 246 g/mol. The standard InChI is InChI=1S/C10H12F2N2O3/c1-2-17-10(16)6-4-14-7(9(11)12)8(15)5(6)3-13/h4,9,15H,2-3,13H2,1H3. The molecule has 5 nitrogen and oxygen atoms in total. The van der Waals surface area contributed by atoms with Crippen molar-refractivity contribution >= 4 is 5.97 Å². The van der Waals surface area contributed by atoms with Gasteiger partial charge in [-0.3, -0.25) is 4.98 Å². The van der Waals surface area contributed by atoms with Gasteiger partial charge in [-0.05, 0) is 6.92 Å². The Balaban J connectivity index is 3.25.